The zero-order valence-electron chi connectivity index (χ0n) is 6.25. The van der Waals surface area contributed by atoms with Crippen LogP contribution in [0.15, 0.2) is 0 Å². The molecule has 1 N–H and O–H groups in total. The van der Waals surface area contributed by atoms with Crippen molar-refractivity contribution >= 4 is 18.6 Å². The van der Waals surface area contributed by atoms with E-state index in [-0.39, 0.29) is 0 Å². The molecule has 0 saturated carbocycles. The molecule has 0 aromatic carbocycles. The van der Waals surface area contributed by atoms with E-state index in [1.165, 1.54) is 0 Å². The van der Waals surface area contributed by atoms with Crippen LogP contribution in [0, 0.1) is 5.41 Å². The van der Waals surface area contributed by atoms with E-state index in [1.54, 1.807) is 0 Å². The van der Waals surface area contributed by atoms with Crippen LogP contribution >= 0.6 is 12.6 Å². The van der Waals surface area contributed by atoms with Gasteiger partial charge in [0.1, 0.15) is 0 Å². The lowest BCUT2D eigenvalue weighted by Gasteiger charge is -2.31. The summed E-state index contributed by atoms with van der Waals surface area (Å²) in [6.07, 6.45) is 1.18. The Kier molecular flexibility index (Phi) is 2.78. The maximum atomic E-state index is 10.8. The number of carbonyl (C=O) groups is 1. The van der Waals surface area contributed by atoms with Gasteiger partial charge in [0.25, 0.3) is 0 Å². The van der Waals surface area contributed by atoms with Crippen molar-refractivity contribution in [1.29, 1.82) is 0 Å². The number of rotatable bonds is 2. The van der Waals surface area contributed by atoms with E-state index in [2.05, 4.69) is 12.6 Å². The predicted molar refractivity (Wildman–Crippen MR) is 44.0 cm³/mol. The Morgan fingerprint density at radius 3 is 2.36 bits per heavy atom. The summed E-state index contributed by atoms with van der Waals surface area (Å²) in [6, 6.07) is 0. The van der Waals surface area contributed by atoms with Crippen LogP contribution in [0.5, 0.6) is 0 Å². The molecular weight excluding hydrogens is 164 g/mol. The number of carboxylic acids is 1. The van der Waals surface area contributed by atoms with Gasteiger partial charge in [-0.1, -0.05) is 0 Å². The molecule has 1 heterocycles. The highest BCUT2D eigenvalue weighted by molar-refractivity contribution is 7.80. The molecule has 64 valence electrons. The third kappa shape index (κ3) is 1.68. The maximum absolute atomic E-state index is 10.8. The minimum absolute atomic E-state index is 0.408. The van der Waals surface area contributed by atoms with Gasteiger partial charge < -0.3 is 9.84 Å². The van der Waals surface area contributed by atoms with Crippen molar-refractivity contribution in [3.63, 3.8) is 0 Å². The smallest absolute Gasteiger partial charge is 0.310 e. The zero-order valence-corrected chi connectivity index (χ0v) is 7.14. The van der Waals surface area contributed by atoms with Gasteiger partial charge in [0.05, 0.1) is 5.41 Å². The Bertz CT molecular complexity index is 152. The molecule has 1 fully saturated rings. The highest BCUT2D eigenvalue weighted by atomic mass is 32.1. The fourth-order valence-electron chi connectivity index (χ4n) is 1.20. The lowest BCUT2D eigenvalue weighted by molar-refractivity contribution is -0.152. The van der Waals surface area contributed by atoms with Crippen LogP contribution in [0.25, 0.3) is 0 Å². The van der Waals surface area contributed by atoms with Crippen LogP contribution in [0.2, 0.25) is 0 Å². The summed E-state index contributed by atoms with van der Waals surface area (Å²) in [4.78, 5) is 10.8. The molecule has 1 rings (SSSR count). The van der Waals surface area contributed by atoms with Gasteiger partial charge in [-0.15, -0.1) is 0 Å². The Labute approximate surface area is 71.1 Å². The number of ether oxygens (including phenoxy) is 1. The molecule has 0 spiro atoms. The van der Waals surface area contributed by atoms with Gasteiger partial charge in [0.15, 0.2) is 0 Å². The summed E-state index contributed by atoms with van der Waals surface area (Å²) >= 11 is 4.05. The fraction of sp³-hybridized carbons (Fsp3) is 0.857. The van der Waals surface area contributed by atoms with Crippen LogP contribution in [-0.2, 0) is 9.53 Å². The minimum atomic E-state index is -0.740. The van der Waals surface area contributed by atoms with Gasteiger partial charge in [-0.25, -0.2) is 0 Å². The first kappa shape index (κ1) is 8.87. The van der Waals surface area contributed by atoms with Crippen molar-refractivity contribution < 1.29 is 14.6 Å². The second kappa shape index (κ2) is 3.45. The molecule has 1 saturated heterocycles. The van der Waals surface area contributed by atoms with Gasteiger partial charge in [-0.3, -0.25) is 4.79 Å². The Morgan fingerprint density at radius 2 is 2.09 bits per heavy atom. The minimum Gasteiger partial charge on any atom is -0.481 e. The van der Waals surface area contributed by atoms with Gasteiger partial charge >= 0.3 is 5.97 Å². The average molecular weight is 176 g/mol. The summed E-state index contributed by atoms with van der Waals surface area (Å²) in [5.41, 5.74) is -0.624. The summed E-state index contributed by atoms with van der Waals surface area (Å²) in [7, 11) is 0. The summed E-state index contributed by atoms with van der Waals surface area (Å²) in [5.74, 6) is -0.332. The SMILES string of the molecule is O=C(O)C1(CS)CCOCC1. The molecule has 4 heteroatoms. The summed E-state index contributed by atoms with van der Waals surface area (Å²) in [6.45, 7) is 1.10. The first-order valence-corrected chi connectivity index (χ1v) is 4.26. The largest absolute Gasteiger partial charge is 0.481 e. The molecule has 0 bridgehead atoms. The number of hydrogen-bond donors (Lipinski definition) is 2. The molecule has 0 aliphatic carbocycles. The van der Waals surface area contributed by atoms with E-state index in [9.17, 15) is 4.79 Å². The number of aliphatic carboxylic acids is 1. The third-order valence-corrected chi connectivity index (χ3v) is 2.81. The van der Waals surface area contributed by atoms with Crippen molar-refractivity contribution in [2.45, 2.75) is 12.8 Å². The molecule has 0 atom stereocenters. The van der Waals surface area contributed by atoms with Crippen molar-refractivity contribution in [1.82, 2.24) is 0 Å². The quantitative estimate of drug-likeness (QED) is 0.612. The molecule has 0 radical (unpaired) electrons. The monoisotopic (exact) mass is 176 g/mol. The van der Waals surface area contributed by atoms with E-state index in [4.69, 9.17) is 9.84 Å². The van der Waals surface area contributed by atoms with Gasteiger partial charge in [0.2, 0.25) is 0 Å². The number of carboxylic acid groups (broad SMARTS) is 1. The average Bonchev–Trinajstić information content (AvgIpc) is 2.05. The third-order valence-electron chi connectivity index (χ3n) is 2.21. The first-order valence-electron chi connectivity index (χ1n) is 3.63. The van der Waals surface area contributed by atoms with Crippen LogP contribution in [0.1, 0.15) is 12.8 Å². The van der Waals surface area contributed by atoms with E-state index in [1.807, 2.05) is 0 Å². The van der Waals surface area contributed by atoms with E-state index < -0.39 is 11.4 Å². The molecule has 1 aliphatic rings. The number of hydrogen-bond acceptors (Lipinski definition) is 3. The second-order valence-electron chi connectivity index (χ2n) is 2.86. The Hall–Kier alpha value is -0.220. The molecule has 3 nitrogen and oxygen atoms in total. The standard InChI is InChI=1S/C7H12O3S/c8-6(9)7(5-11)1-3-10-4-2-7/h11H,1-5H2,(H,8,9). The Balaban J connectivity index is 2.64. The van der Waals surface area contributed by atoms with Gasteiger partial charge in [-0.2, -0.15) is 12.6 Å². The molecule has 0 aromatic heterocycles. The van der Waals surface area contributed by atoms with Crippen molar-refractivity contribution in [3.8, 4) is 0 Å². The normalized spacial score (nSPS) is 23.0. The van der Waals surface area contributed by atoms with Crippen molar-refractivity contribution in [2.24, 2.45) is 5.41 Å². The Morgan fingerprint density at radius 1 is 1.55 bits per heavy atom. The highest BCUT2D eigenvalue weighted by Crippen LogP contribution is 2.31. The van der Waals surface area contributed by atoms with Crippen molar-refractivity contribution in [3.05, 3.63) is 0 Å². The lowest BCUT2D eigenvalue weighted by atomic mass is 9.82. The molecule has 0 amide bonds. The second-order valence-corrected chi connectivity index (χ2v) is 3.17. The molecule has 1 aliphatic heterocycles. The fourth-order valence-corrected chi connectivity index (χ4v) is 1.65. The first-order chi connectivity index (χ1) is 5.21. The van der Waals surface area contributed by atoms with Crippen LogP contribution in [0.3, 0.4) is 0 Å². The van der Waals surface area contributed by atoms with E-state index in [0.717, 1.165) is 0 Å². The lowest BCUT2D eigenvalue weighted by Crippen LogP contribution is -2.38. The molecular formula is C7H12O3S. The predicted octanol–water partition coefficient (Wildman–Crippen LogP) is 0.798. The van der Waals surface area contributed by atoms with E-state index in [0.29, 0.717) is 31.8 Å². The molecule has 0 unspecified atom stereocenters. The topological polar surface area (TPSA) is 46.5 Å². The van der Waals surface area contributed by atoms with Gasteiger partial charge in [-0.05, 0) is 12.8 Å². The van der Waals surface area contributed by atoms with Gasteiger partial charge in [0, 0.05) is 19.0 Å². The highest BCUT2D eigenvalue weighted by Gasteiger charge is 2.38. The van der Waals surface area contributed by atoms with Crippen LogP contribution in [0.4, 0.5) is 0 Å². The van der Waals surface area contributed by atoms with Crippen LogP contribution in [-0.4, -0.2) is 30.0 Å². The molecule has 11 heavy (non-hydrogen) atoms. The molecule has 0 aromatic rings. The maximum Gasteiger partial charge on any atom is 0.310 e. The van der Waals surface area contributed by atoms with Crippen LogP contribution < -0.4 is 0 Å². The van der Waals surface area contributed by atoms with Crippen molar-refractivity contribution in [2.75, 3.05) is 19.0 Å². The summed E-state index contributed by atoms with van der Waals surface area (Å²) < 4.78 is 5.08. The zero-order chi connectivity index (χ0) is 8.32. The van der Waals surface area contributed by atoms with E-state index >= 15 is 0 Å². The number of thiol groups is 1. The summed E-state index contributed by atoms with van der Waals surface area (Å²) in [5, 5.41) is 8.88.